The fraction of sp³-hybridized carbons (Fsp3) is 0.111. The summed E-state index contributed by atoms with van der Waals surface area (Å²) in [4.78, 5) is 76.0. The van der Waals surface area contributed by atoms with E-state index in [2.05, 4.69) is 5.32 Å². The third-order valence-electron chi connectivity index (χ3n) is 6.17. The minimum atomic E-state index is -1.22. The molecule has 1 aliphatic heterocycles. The largest absolute Gasteiger partial charge is 0.449 e. The summed E-state index contributed by atoms with van der Waals surface area (Å²) in [6, 6.07) is 14.9. The smallest absolute Gasteiger partial charge is 0.338 e. The summed E-state index contributed by atoms with van der Waals surface area (Å²) in [5.41, 5.74) is 1.58. The van der Waals surface area contributed by atoms with E-state index >= 15 is 0 Å². The van der Waals surface area contributed by atoms with Crippen molar-refractivity contribution in [2.75, 3.05) is 12.4 Å². The molecule has 3 aromatic carbocycles. The molecule has 9 nitrogen and oxygen atoms in total. The van der Waals surface area contributed by atoms with E-state index in [0.717, 1.165) is 4.90 Å². The number of nitrogens with one attached hydrogen (secondary N) is 1. The van der Waals surface area contributed by atoms with Gasteiger partial charge in [0.15, 0.2) is 17.7 Å². The minimum absolute atomic E-state index is 0.0152. The maximum Gasteiger partial charge on any atom is 0.338 e. The first-order chi connectivity index (χ1) is 17.2. The first kappa shape index (κ1) is 22.9. The van der Waals surface area contributed by atoms with E-state index in [1.165, 1.54) is 50.4 Å². The van der Waals surface area contributed by atoms with Crippen LogP contribution in [-0.4, -0.2) is 53.3 Å². The normalized spacial score (nSPS) is 14.7. The molecular weight excluding hydrogens is 464 g/mol. The highest BCUT2D eigenvalue weighted by Crippen LogP contribution is 2.29. The highest BCUT2D eigenvalue weighted by atomic mass is 16.5. The van der Waals surface area contributed by atoms with Crippen molar-refractivity contribution in [1.29, 1.82) is 0 Å². The van der Waals surface area contributed by atoms with E-state index in [9.17, 15) is 28.8 Å². The quantitative estimate of drug-likeness (QED) is 0.350. The van der Waals surface area contributed by atoms with Gasteiger partial charge in [0.1, 0.15) is 0 Å². The zero-order valence-electron chi connectivity index (χ0n) is 19.2. The third kappa shape index (κ3) is 3.58. The van der Waals surface area contributed by atoms with Gasteiger partial charge in [0.05, 0.1) is 16.7 Å². The van der Waals surface area contributed by atoms with Crippen LogP contribution in [0.5, 0.6) is 0 Å². The number of rotatable bonds is 4. The Morgan fingerprint density at radius 1 is 0.750 bits per heavy atom. The number of hydrogen-bond acceptors (Lipinski definition) is 7. The van der Waals surface area contributed by atoms with Crippen molar-refractivity contribution in [2.24, 2.45) is 0 Å². The monoisotopic (exact) mass is 482 g/mol. The summed E-state index contributed by atoms with van der Waals surface area (Å²) in [5.74, 6) is -3.11. The first-order valence-corrected chi connectivity index (χ1v) is 11.0. The molecular formula is C27H18N2O7. The maximum atomic E-state index is 12.9. The van der Waals surface area contributed by atoms with Gasteiger partial charge >= 0.3 is 5.97 Å². The molecule has 5 rings (SSSR count). The fourth-order valence-corrected chi connectivity index (χ4v) is 4.19. The maximum absolute atomic E-state index is 12.9. The molecule has 0 saturated heterocycles. The van der Waals surface area contributed by atoms with Gasteiger partial charge in [-0.05, 0) is 43.3 Å². The summed E-state index contributed by atoms with van der Waals surface area (Å²) in [6.45, 7) is 1.37. The Bertz CT molecular complexity index is 1540. The number of hydrogen-bond donors (Lipinski definition) is 1. The Balaban J connectivity index is 1.30. The lowest BCUT2D eigenvalue weighted by Gasteiger charge is -2.19. The Hall–Kier alpha value is -4.92. The second-order valence-corrected chi connectivity index (χ2v) is 8.43. The Morgan fingerprint density at radius 3 is 2.03 bits per heavy atom. The molecule has 178 valence electrons. The van der Waals surface area contributed by atoms with Gasteiger partial charge in [-0.3, -0.25) is 28.9 Å². The number of esters is 1. The van der Waals surface area contributed by atoms with Crippen LogP contribution in [0.2, 0.25) is 0 Å². The summed E-state index contributed by atoms with van der Waals surface area (Å²) >= 11 is 0. The SMILES string of the molecule is CC(OC(=O)c1ccc2c(c1)C(=O)N(C)C2=O)C(=O)Nc1ccc2c(c1)C(=O)c1ccccc1C2=O. The van der Waals surface area contributed by atoms with Gasteiger partial charge in [-0.2, -0.15) is 0 Å². The van der Waals surface area contributed by atoms with Gasteiger partial charge < -0.3 is 10.1 Å². The van der Waals surface area contributed by atoms with Crippen LogP contribution < -0.4 is 5.32 Å². The minimum Gasteiger partial charge on any atom is -0.449 e. The van der Waals surface area contributed by atoms with Gasteiger partial charge in [-0.25, -0.2) is 4.79 Å². The van der Waals surface area contributed by atoms with Crippen molar-refractivity contribution < 1.29 is 33.5 Å². The zero-order chi connectivity index (χ0) is 25.7. The number of nitrogens with zero attached hydrogens (tertiary/aromatic N) is 1. The number of benzene rings is 3. The van der Waals surface area contributed by atoms with E-state index in [1.54, 1.807) is 24.3 Å². The van der Waals surface area contributed by atoms with Crippen LogP contribution in [0.15, 0.2) is 60.7 Å². The number of anilines is 1. The third-order valence-corrected chi connectivity index (χ3v) is 6.17. The van der Waals surface area contributed by atoms with E-state index < -0.39 is 29.8 Å². The molecule has 3 aromatic rings. The Morgan fingerprint density at radius 2 is 1.33 bits per heavy atom. The highest BCUT2D eigenvalue weighted by Gasteiger charge is 2.34. The van der Waals surface area contributed by atoms with Crippen molar-refractivity contribution >= 4 is 40.9 Å². The van der Waals surface area contributed by atoms with Crippen LogP contribution in [-0.2, 0) is 9.53 Å². The number of carbonyl (C=O) groups excluding carboxylic acids is 6. The van der Waals surface area contributed by atoms with Crippen molar-refractivity contribution in [3.8, 4) is 0 Å². The molecule has 1 N–H and O–H groups in total. The number of carbonyl (C=O) groups is 6. The van der Waals surface area contributed by atoms with Crippen LogP contribution in [0, 0.1) is 0 Å². The van der Waals surface area contributed by atoms with Crippen molar-refractivity contribution in [3.05, 3.63) is 99.6 Å². The van der Waals surface area contributed by atoms with E-state index in [0.29, 0.717) is 11.1 Å². The average molecular weight is 482 g/mol. The standard InChI is InChI=1S/C27H18N2O7/c1-13(36-27(35)14-7-9-19-21(11-14)26(34)29(2)25(19)33)24(32)28-15-8-10-18-20(12-15)23(31)17-6-4-3-5-16(17)22(18)30/h3-13H,1-2H3,(H,28,32). The molecule has 1 unspecified atom stereocenters. The second-order valence-electron chi connectivity index (χ2n) is 8.43. The van der Waals surface area contributed by atoms with Gasteiger partial charge in [0.2, 0.25) is 0 Å². The molecule has 9 heteroatoms. The van der Waals surface area contributed by atoms with Crippen LogP contribution in [0.4, 0.5) is 5.69 Å². The van der Waals surface area contributed by atoms with E-state index in [1.807, 2.05) is 0 Å². The lowest BCUT2D eigenvalue weighted by molar-refractivity contribution is -0.123. The van der Waals surface area contributed by atoms with Crippen LogP contribution in [0.1, 0.15) is 69.8 Å². The molecule has 1 aliphatic carbocycles. The number of imide groups is 1. The van der Waals surface area contributed by atoms with Gasteiger partial charge in [0.25, 0.3) is 17.7 Å². The molecule has 36 heavy (non-hydrogen) atoms. The highest BCUT2D eigenvalue weighted by molar-refractivity contribution is 6.28. The van der Waals surface area contributed by atoms with Gasteiger partial charge in [-0.1, -0.05) is 24.3 Å². The molecule has 0 aromatic heterocycles. The topological polar surface area (TPSA) is 127 Å². The summed E-state index contributed by atoms with van der Waals surface area (Å²) in [7, 11) is 1.35. The van der Waals surface area contributed by atoms with Crippen molar-refractivity contribution in [2.45, 2.75) is 13.0 Å². The number of ketones is 2. The molecule has 1 heterocycles. The predicted octanol–water partition coefficient (Wildman–Crippen LogP) is 2.87. The van der Waals surface area contributed by atoms with Crippen molar-refractivity contribution in [3.63, 3.8) is 0 Å². The first-order valence-electron chi connectivity index (χ1n) is 11.0. The molecule has 0 radical (unpaired) electrons. The van der Waals surface area contributed by atoms with E-state index in [-0.39, 0.29) is 45.1 Å². The van der Waals surface area contributed by atoms with E-state index in [4.69, 9.17) is 4.74 Å². The average Bonchev–Trinajstić information content (AvgIpc) is 3.10. The lowest BCUT2D eigenvalue weighted by atomic mass is 9.84. The Labute approximate surface area is 204 Å². The molecule has 1 atom stereocenters. The van der Waals surface area contributed by atoms with Crippen LogP contribution in [0.3, 0.4) is 0 Å². The molecule has 0 bridgehead atoms. The Kier molecular flexibility index (Phi) is 5.32. The predicted molar refractivity (Wildman–Crippen MR) is 126 cm³/mol. The molecule has 2 aliphatic rings. The molecule has 0 saturated carbocycles. The molecule has 0 spiro atoms. The molecule has 0 fully saturated rings. The zero-order valence-corrected chi connectivity index (χ0v) is 19.2. The lowest BCUT2D eigenvalue weighted by Crippen LogP contribution is -2.30. The summed E-state index contributed by atoms with van der Waals surface area (Å²) in [6.07, 6.45) is -1.22. The summed E-state index contributed by atoms with van der Waals surface area (Å²) in [5, 5.41) is 2.58. The summed E-state index contributed by atoms with van der Waals surface area (Å²) < 4.78 is 5.23. The van der Waals surface area contributed by atoms with Gasteiger partial charge in [-0.15, -0.1) is 0 Å². The number of ether oxygens (including phenoxy) is 1. The molecule has 3 amide bonds. The second kappa shape index (κ2) is 8.38. The van der Waals surface area contributed by atoms with Gasteiger partial charge in [0, 0.05) is 35.0 Å². The number of amides is 3. The number of fused-ring (bicyclic) bond motifs is 3. The fourth-order valence-electron chi connectivity index (χ4n) is 4.19. The van der Waals surface area contributed by atoms with Crippen LogP contribution >= 0.6 is 0 Å². The van der Waals surface area contributed by atoms with Crippen molar-refractivity contribution in [1.82, 2.24) is 4.90 Å². The van der Waals surface area contributed by atoms with Crippen LogP contribution in [0.25, 0.3) is 0 Å².